The second kappa shape index (κ2) is 14.4. The number of hydrogen-bond donors (Lipinski definition) is 5. The van der Waals surface area contributed by atoms with Crippen molar-refractivity contribution < 1.29 is 38.6 Å². The molecule has 2 aromatic carbocycles. The van der Waals surface area contributed by atoms with Crippen LogP contribution in [0.5, 0.6) is 5.75 Å². The lowest BCUT2D eigenvalue weighted by Gasteiger charge is -2.47. The number of nitrogens with zero attached hydrogens (tertiary/aromatic N) is 2. The number of aromatic nitrogens is 1. The summed E-state index contributed by atoms with van der Waals surface area (Å²) in [6.07, 6.45) is 4.96. The second-order valence-electron chi connectivity index (χ2n) is 15.2. The van der Waals surface area contributed by atoms with Crippen LogP contribution in [0.1, 0.15) is 89.7 Å². The minimum atomic E-state index is -1.29. The molecule has 0 spiro atoms. The molecule has 5 amide bonds. The van der Waals surface area contributed by atoms with Gasteiger partial charge in [0.05, 0.1) is 30.9 Å². The van der Waals surface area contributed by atoms with Crippen LogP contribution in [0.25, 0.3) is 0 Å². The summed E-state index contributed by atoms with van der Waals surface area (Å²) in [5.41, 5.74) is 2.98. The molecule has 5 N–H and O–H groups in total. The highest BCUT2D eigenvalue weighted by molar-refractivity contribution is 7.15. The average Bonchev–Trinajstić information content (AvgIpc) is 3.62. The molecule has 15 heteroatoms. The molecule has 2 aliphatic heterocycles. The van der Waals surface area contributed by atoms with Gasteiger partial charge in [0.1, 0.15) is 18.4 Å². The van der Waals surface area contributed by atoms with Crippen molar-refractivity contribution >= 4 is 51.7 Å². The summed E-state index contributed by atoms with van der Waals surface area (Å²) in [5.74, 6) is -0.581. The molecule has 9 rings (SSSR count). The van der Waals surface area contributed by atoms with Crippen molar-refractivity contribution in [2.75, 3.05) is 37.0 Å². The maximum Gasteiger partial charge on any atom is 0.259 e. The zero-order valence-corrected chi connectivity index (χ0v) is 30.9. The monoisotopic (exact) mass is 756 g/mol. The average molecular weight is 757 g/mol. The molecule has 14 nitrogen and oxygen atoms in total. The number of aryl methyl sites for hydroxylation is 1. The molecular weight excluding hydrogens is 713 g/mol. The fraction of sp³-hybridized carbons (Fsp3) is 0.487. The maximum atomic E-state index is 13.3. The summed E-state index contributed by atoms with van der Waals surface area (Å²) in [4.78, 5) is 69.9. The molecule has 284 valence electrons. The topological polar surface area (TPSA) is 188 Å². The van der Waals surface area contributed by atoms with Crippen molar-refractivity contribution in [2.24, 2.45) is 5.92 Å². The highest BCUT2D eigenvalue weighted by Gasteiger charge is 2.63. The summed E-state index contributed by atoms with van der Waals surface area (Å²) in [6.45, 7) is 3.35. The number of fused-ring (bicyclic) bond motifs is 2. The molecule has 1 aromatic heterocycles. The van der Waals surface area contributed by atoms with Gasteiger partial charge in [0.2, 0.25) is 23.6 Å². The Labute approximate surface area is 316 Å². The number of thiazole rings is 1. The summed E-state index contributed by atoms with van der Waals surface area (Å²) < 4.78 is 11.6. The summed E-state index contributed by atoms with van der Waals surface area (Å²) in [7, 11) is 0. The number of piperidine rings is 1. The number of anilines is 2. The van der Waals surface area contributed by atoms with Crippen LogP contribution >= 0.6 is 11.3 Å². The van der Waals surface area contributed by atoms with Crippen LogP contribution < -0.4 is 26.0 Å². The predicted molar refractivity (Wildman–Crippen MR) is 198 cm³/mol. The predicted octanol–water partition coefficient (Wildman–Crippen LogP) is 3.48. The van der Waals surface area contributed by atoms with Crippen LogP contribution in [0, 0.1) is 12.8 Å². The van der Waals surface area contributed by atoms with Gasteiger partial charge in [0.25, 0.3) is 5.91 Å². The molecular formula is C39H44N6O8S. The summed E-state index contributed by atoms with van der Waals surface area (Å²) in [6, 6.07) is 11.6. The van der Waals surface area contributed by atoms with Crippen molar-refractivity contribution in [3.05, 3.63) is 69.7 Å². The third-order valence-electron chi connectivity index (χ3n) is 11.3. The van der Waals surface area contributed by atoms with E-state index in [1.807, 2.05) is 24.3 Å². The first-order chi connectivity index (χ1) is 26.0. The van der Waals surface area contributed by atoms with E-state index >= 15 is 0 Å². The number of aliphatic hydroxyl groups excluding tert-OH is 1. The Bertz CT molecular complexity index is 2010. The lowest BCUT2D eigenvalue weighted by atomic mass is 9.63. The number of benzene rings is 2. The molecule has 2 unspecified atom stereocenters. The number of imide groups is 1. The minimum Gasteiger partial charge on any atom is -0.491 e. The molecule has 6 aliphatic rings. The first-order valence-corrected chi connectivity index (χ1v) is 19.5. The van der Waals surface area contributed by atoms with Crippen LogP contribution in [0.4, 0.5) is 10.8 Å². The maximum absolute atomic E-state index is 13.3. The molecule has 5 fully saturated rings. The van der Waals surface area contributed by atoms with E-state index in [0.717, 1.165) is 59.6 Å². The van der Waals surface area contributed by atoms with Crippen molar-refractivity contribution in [1.29, 1.82) is 0 Å². The van der Waals surface area contributed by atoms with Crippen LogP contribution in [0.2, 0.25) is 0 Å². The summed E-state index contributed by atoms with van der Waals surface area (Å²) in [5, 5.41) is 23.2. The van der Waals surface area contributed by atoms with Crippen LogP contribution in [0.15, 0.2) is 42.5 Å². The highest BCUT2D eigenvalue weighted by Crippen LogP contribution is 2.63. The number of ether oxygens (including phenoxy) is 2. The number of carbonyl (C=O) groups excluding carboxylic acids is 5. The molecule has 3 aromatic rings. The van der Waals surface area contributed by atoms with Gasteiger partial charge in [0.15, 0.2) is 11.4 Å². The Morgan fingerprint density at radius 1 is 1.06 bits per heavy atom. The SMILES string of the molecule is Cc1sc(NC(=O)Cc2cccc(OCCOCCNc3cccc4c3C(=O)N(C3CCC(=O)NC3=O)C4O)c2)nc1C12CCC(NC(=O)C3CC3)(C1)C2. The molecule has 1 saturated heterocycles. The second-order valence-corrected chi connectivity index (χ2v) is 16.4. The van der Waals surface area contributed by atoms with Gasteiger partial charge in [-0.1, -0.05) is 24.3 Å². The molecule has 0 radical (unpaired) electrons. The largest absolute Gasteiger partial charge is 0.491 e. The molecule has 2 bridgehead atoms. The molecule has 2 atom stereocenters. The molecule has 3 heterocycles. The third kappa shape index (κ3) is 7.07. The van der Waals surface area contributed by atoms with E-state index < -0.39 is 30.0 Å². The Hall–Kier alpha value is -4.86. The van der Waals surface area contributed by atoms with Gasteiger partial charge in [-0.3, -0.25) is 34.2 Å². The van der Waals surface area contributed by atoms with Crippen molar-refractivity contribution in [3.8, 4) is 5.75 Å². The smallest absolute Gasteiger partial charge is 0.259 e. The lowest BCUT2D eigenvalue weighted by Crippen LogP contribution is -2.57. The summed E-state index contributed by atoms with van der Waals surface area (Å²) >= 11 is 1.50. The first-order valence-electron chi connectivity index (χ1n) is 18.6. The van der Waals surface area contributed by atoms with E-state index in [-0.39, 0.29) is 54.6 Å². The van der Waals surface area contributed by atoms with Gasteiger partial charge in [-0.25, -0.2) is 4.98 Å². The lowest BCUT2D eigenvalue weighted by molar-refractivity contribution is -0.139. The van der Waals surface area contributed by atoms with Crippen molar-refractivity contribution in [2.45, 2.75) is 87.9 Å². The van der Waals surface area contributed by atoms with Gasteiger partial charge >= 0.3 is 0 Å². The van der Waals surface area contributed by atoms with E-state index in [1.54, 1.807) is 18.2 Å². The fourth-order valence-electron chi connectivity index (χ4n) is 8.66. The Morgan fingerprint density at radius 2 is 1.87 bits per heavy atom. The van der Waals surface area contributed by atoms with E-state index in [9.17, 15) is 29.1 Å². The van der Waals surface area contributed by atoms with Crippen molar-refractivity contribution in [3.63, 3.8) is 0 Å². The number of nitrogens with one attached hydrogen (secondary N) is 4. The van der Waals surface area contributed by atoms with Crippen molar-refractivity contribution in [1.82, 2.24) is 20.5 Å². The zero-order chi connectivity index (χ0) is 37.6. The minimum absolute atomic E-state index is 0.0113. The van der Waals surface area contributed by atoms with Crippen LogP contribution in [0.3, 0.4) is 0 Å². The first kappa shape index (κ1) is 36.1. The molecule has 4 saturated carbocycles. The Kier molecular flexibility index (Phi) is 9.65. The number of aliphatic hydroxyl groups is 1. The van der Waals surface area contributed by atoms with Gasteiger partial charge < -0.3 is 30.5 Å². The fourth-order valence-corrected chi connectivity index (χ4v) is 9.61. The van der Waals surface area contributed by atoms with Gasteiger partial charge in [-0.2, -0.15) is 0 Å². The standard InChI is InChI=1S/C39H44N6O8S/c1-22-32(38-12-13-39(20-38,21-38)44-33(48)24-8-9-24)43-37(54-22)42-30(47)19-23-4-2-5-25(18-23)53-17-16-52-15-14-40-27-7-3-6-26-31(27)36(51)45(35(26)50)28-10-11-29(46)41-34(28)49/h2-7,18,24,28,35,40,50H,8-17,19-21H2,1H3,(H,44,48)(H,41,46,49)(H,42,43,47). The van der Waals surface area contributed by atoms with Gasteiger partial charge in [-0.05, 0) is 75.6 Å². The number of carbonyl (C=O) groups is 5. The van der Waals surface area contributed by atoms with Gasteiger partial charge in [0, 0.05) is 46.0 Å². The Balaban J connectivity index is 0.761. The molecule has 4 aliphatic carbocycles. The highest BCUT2D eigenvalue weighted by atomic mass is 32.1. The molecule has 54 heavy (non-hydrogen) atoms. The van der Waals surface area contributed by atoms with E-state index in [4.69, 9.17) is 14.5 Å². The Morgan fingerprint density at radius 3 is 2.67 bits per heavy atom. The normalized spacial score (nSPS) is 25.5. The van der Waals surface area contributed by atoms with E-state index in [2.05, 4.69) is 28.2 Å². The van der Waals surface area contributed by atoms with Gasteiger partial charge in [-0.15, -0.1) is 11.3 Å². The van der Waals surface area contributed by atoms with E-state index in [0.29, 0.717) is 47.5 Å². The number of hydrogen-bond acceptors (Lipinski definition) is 11. The van der Waals surface area contributed by atoms with E-state index in [1.165, 1.54) is 11.3 Å². The zero-order valence-electron chi connectivity index (χ0n) is 30.1. The van der Waals surface area contributed by atoms with Crippen LogP contribution in [-0.2, 0) is 35.8 Å². The third-order valence-corrected chi connectivity index (χ3v) is 12.2. The quantitative estimate of drug-likeness (QED) is 0.114. The number of amides is 5. The number of rotatable bonds is 15. The van der Waals surface area contributed by atoms with Crippen LogP contribution in [-0.4, -0.2) is 82.5 Å².